The molecule has 2 heterocycles. The zero-order valence-corrected chi connectivity index (χ0v) is 17.5. The lowest BCUT2D eigenvalue weighted by atomic mass is 9.85. The highest BCUT2D eigenvalue weighted by Crippen LogP contribution is 2.47. The summed E-state index contributed by atoms with van der Waals surface area (Å²) in [6, 6.07) is 5.62. The summed E-state index contributed by atoms with van der Waals surface area (Å²) in [5.41, 5.74) is 0.851. The molecule has 160 valence electrons. The minimum atomic E-state index is -0.585. The molecule has 0 bridgehead atoms. The molecule has 0 aromatic heterocycles. The number of nitrogens with zero attached hydrogens (tertiary/aromatic N) is 2. The Morgan fingerprint density at radius 3 is 2.57 bits per heavy atom. The predicted octanol–water partition coefficient (Wildman–Crippen LogP) is 2.79. The molecule has 9 nitrogen and oxygen atoms in total. The van der Waals surface area contributed by atoms with Crippen molar-refractivity contribution in [3.8, 4) is 0 Å². The maximum atomic E-state index is 12.8. The van der Waals surface area contributed by atoms with Crippen LogP contribution < -0.4 is 0 Å². The number of hydrogen-bond donors (Lipinski definition) is 0. The largest absolute Gasteiger partial charge is 0.466 e. The number of non-ortho nitro benzene ring substituents is 1. The van der Waals surface area contributed by atoms with Gasteiger partial charge in [0.2, 0.25) is 5.91 Å². The molecule has 0 aliphatic carbocycles. The van der Waals surface area contributed by atoms with Crippen LogP contribution in [0.1, 0.15) is 32.3 Å². The minimum absolute atomic E-state index is 0.0426. The van der Waals surface area contributed by atoms with E-state index in [0.717, 1.165) is 10.7 Å². The third kappa shape index (κ3) is 4.48. The van der Waals surface area contributed by atoms with Crippen LogP contribution in [0.4, 0.5) is 5.69 Å². The molecule has 2 aliphatic rings. The molecule has 2 aliphatic heterocycles. The summed E-state index contributed by atoms with van der Waals surface area (Å²) in [7, 11) is 0. The minimum Gasteiger partial charge on any atom is -0.466 e. The van der Waals surface area contributed by atoms with E-state index in [2.05, 4.69) is 0 Å². The van der Waals surface area contributed by atoms with Gasteiger partial charge in [0, 0.05) is 30.4 Å². The van der Waals surface area contributed by atoms with E-state index in [9.17, 15) is 24.5 Å². The SMILES string of the molecule is CCSC1=C(C(=O)OCc2ccc([N+](=O)[O-])cc2)N2C(=O)[C@H](CCOC(C)=O)C2C1. The lowest BCUT2D eigenvalue weighted by Gasteiger charge is -2.43. The van der Waals surface area contributed by atoms with Gasteiger partial charge in [-0.05, 0) is 29.9 Å². The molecule has 1 amide bonds. The predicted molar refractivity (Wildman–Crippen MR) is 108 cm³/mol. The second-order valence-corrected chi connectivity index (χ2v) is 8.28. The molecule has 2 atom stereocenters. The monoisotopic (exact) mass is 434 g/mol. The third-order valence-electron chi connectivity index (χ3n) is 5.01. The van der Waals surface area contributed by atoms with Gasteiger partial charge in [0.05, 0.1) is 23.5 Å². The van der Waals surface area contributed by atoms with E-state index >= 15 is 0 Å². The number of β-lactam (4-membered cyclic amide) rings is 1. The Balaban J connectivity index is 1.64. The molecule has 1 aromatic carbocycles. The van der Waals surface area contributed by atoms with Crippen LogP contribution >= 0.6 is 11.8 Å². The molecule has 1 fully saturated rings. The van der Waals surface area contributed by atoms with Crippen molar-refractivity contribution in [1.82, 2.24) is 4.90 Å². The zero-order valence-electron chi connectivity index (χ0n) is 16.7. The lowest BCUT2D eigenvalue weighted by Crippen LogP contribution is -2.58. The Kier molecular flexibility index (Phi) is 6.76. The summed E-state index contributed by atoms with van der Waals surface area (Å²) >= 11 is 1.51. The van der Waals surface area contributed by atoms with Gasteiger partial charge in [-0.25, -0.2) is 4.79 Å². The number of carbonyl (C=O) groups is 3. The van der Waals surface area contributed by atoms with Crippen LogP contribution in [0.3, 0.4) is 0 Å². The molecule has 1 aromatic rings. The second-order valence-electron chi connectivity index (χ2n) is 6.92. The number of nitro benzene ring substituents is 1. The first-order chi connectivity index (χ1) is 14.3. The Morgan fingerprint density at radius 1 is 1.27 bits per heavy atom. The summed E-state index contributed by atoms with van der Waals surface area (Å²) in [5.74, 6) is -0.668. The van der Waals surface area contributed by atoms with Crippen molar-refractivity contribution in [3.05, 3.63) is 50.5 Å². The van der Waals surface area contributed by atoms with E-state index in [-0.39, 0.29) is 48.4 Å². The van der Waals surface area contributed by atoms with Gasteiger partial charge in [0.1, 0.15) is 12.3 Å². The quantitative estimate of drug-likeness (QED) is 0.252. The highest BCUT2D eigenvalue weighted by Gasteiger charge is 2.55. The van der Waals surface area contributed by atoms with Gasteiger partial charge in [-0.2, -0.15) is 0 Å². The van der Waals surface area contributed by atoms with Crippen molar-refractivity contribution in [2.24, 2.45) is 5.92 Å². The number of ether oxygens (including phenoxy) is 2. The van der Waals surface area contributed by atoms with Crippen LogP contribution in [0.2, 0.25) is 0 Å². The molecule has 0 N–H and O–H groups in total. The normalized spacial score (nSPS) is 19.9. The first-order valence-corrected chi connectivity index (χ1v) is 10.5. The smallest absolute Gasteiger partial charge is 0.356 e. The molecule has 0 radical (unpaired) electrons. The number of hydrogen-bond acceptors (Lipinski definition) is 8. The fraction of sp³-hybridized carbons (Fsp3) is 0.450. The zero-order chi connectivity index (χ0) is 21.8. The van der Waals surface area contributed by atoms with E-state index in [4.69, 9.17) is 9.47 Å². The van der Waals surface area contributed by atoms with Gasteiger partial charge in [0.25, 0.3) is 5.69 Å². The summed E-state index contributed by atoms with van der Waals surface area (Å²) < 4.78 is 10.3. The molecule has 0 spiro atoms. The Morgan fingerprint density at radius 2 is 1.97 bits per heavy atom. The lowest BCUT2D eigenvalue weighted by molar-refractivity contribution is -0.384. The Hall–Kier alpha value is -2.88. The van der Waals surface area contributed by atoms with E-state index in [1.165, 1.54) is 47.9 Å². The van der Waals surface area contributed by atoms with Gasteiger partial charge < -0.3 is 14.4 Å². The molecule has 3 rings (SSSR count). The van der Waals surface area contributed by atoms with Crippen molar-refractivity contribution in [1.29, 1.82) is 0 Å². The summed E-state index contributed by atoms with van der Waals surface area (Å²) in [5, 5.41) is 10.7. The molecular weight excluding hydrogens is 412 g/mol. The molecule has 1 unspecified atom stereocenters. The summed E-state index contributed by atoms with van der Waals surface area (Å²) in [6.45, 7) is 3.41. The number of amides is 1. The van der Waals surface area contributed by atoms with Crippen molar-refractivity contribution in [3.63, 3.8) is 0 Å². The van der Waals surface area contributed by atoms with Crippen molar-refractivity contribution in [2.75, 3.05) is 12.4 Å². The first-order valence-electron chi connectivity index (χ1n) is 9.56. The summed E-state index contributed by atoms with van der Waals surface area (Å²) in [6.07, 6.45) is 1.01. The van der Waals surface area contributed by atoms with Crippen LogP contribution in [0, 0.1) is 16.0 Å². The number of carbonyl (C=O) groups excluding carboxylic acids is 3. The average molecular weight is 434 g/mol. The highest BCUT2D eigenvalue weighted by molar-refractivity contribution is 8.03. The van der Waals surface area contributed by atoms with E-state index < -0.39 is 10.9 Å². The fourth-order valence-corrected chi connectivity index (χ4v) is 4.58. The number of esters is 2. The van der Waals surface area contributed by atoms with Crippen molar-refractivity contribution < 1.29 is 28.8 Å². The second kappa shape index (κ2) is 9.29. The van der Waals surface area contributed by atoms with Gasteiger partial charge in [0.15, 0.2) is 0 Å². The number of thioether (sulfide) groups is 1. The standard InChI is InChI=1S/C20H22N2O7S/c1-3-30-17-10-16-15(8-9-28-12(2)23)19(24)21(16)18(17)20(25)29-11-13-4-6-14(7-5-13)22(26)27/h4-7,15-16H,3,8-11H2,1-2H3/t15-,16?/m1/s1. The van der Waals surface area contributed by atoms with E-state index in [0.29, 0.717) is 18.4 Å². The highest BCUT2D eigenvalue weighted by atomic mass is 32.2. The maximum Gasteiger partial charge on any atom is 0.356 e. The summed E-state index contributed by atoms with van der Waals surface area (Å²) in [4.78, 5) is 48.9. The van der Waals surface area contributed by atoms with E-state index in [1.807, 2.05) is 6.92 Å². The molecule has 0 saturated carbocycles. The maximum absolute atomic E-state index is 12.8. The third-order valence-corrected chi connectivity index (χ3v) is 6.01. The molecule has 10 heteroatoms. The van der Waals surface area contributed by atoms with Crippen LogP contribution in [0.15, 0.2) is 34.9 Å². The van der Waals surface area contributed by atoms with Gasteiger partial charge in [-0.1, -0.05) is 6.92 Å². The molecular formula is C20H22N2O7S. The number of benzene rings is 1. The van der Waals surface area contributed by atoms with Crippen LogP contribution in [0.25, 0.3) is 0 Å². The Labute approximate surface area is 177 Å². The fourth-order valence-electron chi connectivity index (χ4n) is 3.63. The van der Waals surface area contributed by atoms with Crippen molar-refractivity contribution in [2.45, 2.75) is 39.3 Å². The average Bonchev–Trinajstić information content (AvgIpc) is 3.04. The molecule has 1 saturated heterocycles. The van der Waals surface area contributed by atoms with Gasteiger partial charge >= 0.3 is 11.9 Å². The van der Waals surface area contributed by atoms with Crippen LogP contribution in [-0.2, 0) is 30.5 Å². The van der Waals surface area contributed by atoms with E-state index in [1.54, 1.807) is 0 Å². The van der Waals surface area contributed by atoms with Gasteiger partial charge in [-0.15, -0.1) is 11.8 Å². The molecule has 30 heavy (non-hydrogen) atoms. The van der Waals surface area contributed by atoms with Crippen LogP contribution in [-0.4, -0.2) is 46.1 Å². The number of fused-ring (bicyclic) bond motifs is 1. The Bertz CT molecular complexity index is 897. The first kappa shape index (κ1) is 21.8. The topological polar surface area (TPSA) is 116 Å². The van der Waals surface area contributed by atoms with Crippen LogP contribution in [0.5, 0.6) is 0 Å². The van der Waals surface area contributed by atoms with Crippen molar-refractivity contribution >= 4 is 35.3 Å². The number of nitro groups is 1. The van der Waals surface area contributed by atoms with Gasteiger partial charge in [-0.3, -0.25) is 19.7 Å². The number of rotatable bonds is 9.